The van der Waals surface area contributed by atoms with Gasteiger partial charge in [0.15, 0.2) is 0 Å². The van der Waals surface area contributed by atoms with Crippen molar-refractivity contribution in [2.24, 2.45) is 0 Å². The first kappa shape index (κ1) is 15.4. The Morgan fingerprint density at radius 1 is 0.889 bits per heavy atom. The molecule has 0 bridgehead atoms. The molecule has 2 aliphatic heterocycles. The minimum atomic E-state index is -0.709. The van der Waals surface area contributed by atoms with E-state index in [4.69, 9.17) is 0 Å². The number of amides is 2. The van der Waals surface area contributed by atoms with Crippen LogP contribution in [0, 0.1) is 0 Å². The van der Waals surface area contributed by atoms with Crippen LogP contribution in [0.1, 0.15) is 13.8 Å². The van der Waals surface area contributed by atoms with E-state index in [9.17, 15) is 9.00 Å². The van der Waals surface area contributed by atoms with Crippen LogP contribution in [0.25, 0.3) is 0 Å². The van der Waals surface area contributed by atoms with Crippen LogP contribution in [-0.2, 0) is 10.8 Å². The molecule has 2 rings (SSSR count). The second-order valence-electron chi connectivity index (χ2n) is 4.41. The second kappa shape index (κ2) is 7.74. The molecule has 2 fully saturated rings. The number of nitrogens with zero attached hydrogens (tertiary/aromatic N) is 3. The lowest BCUT2D eigenvalue weighted by atomic mass is 10.3. The number of carbonyl (C=O) groups excluding carboxylic acids is 1. The predicted octanol–water partition coefficient (Wildman–Crippen LogP) is 0.444. The highest BCUT2D eigenvalue weighted by molar-refractivity contribution is 7.85. The van der Waals surface area contributed by atoms with Gasteiger partial charge in [-0.15, -0.1) is 0 Å². The molecule has 0 aromatic carbocycles. The van der Waals surface area contributed by atoms with E-state index in [0.29, 0.717) is 24.6 Å². The van der Waals surface area contributed by atoms with E-state index in [1.807, 2.05) is 23.6 Å². The van der Waals surface area contributed by atoms with E-state index in [1.165, 1.54) is 0 Å². The first-order valence-corrected chi connectivity index (χ1v) is 8.23. The molecule has 0 radical (unpaired) electrons. The van der Waals surface area contributed by atoms with Gasteiger partial charge in [-0.3, -0.25) is 4.21 Å². The number of carbonyl (C=O) groups is 1. The maximum Gasteiger partial charge on any atom is 0.320 e. The molecule has 2 heterocycles. The molecule has 2 saturated heterocycles. The Balaban J connectivity index is 0.000000771. The van der Waals surface area contributed by atoms with Gasteiger partial charge < -0.3 is 14.7 Å². The molecule has 0 N–H and O–H groups in total. The standard InChI is InChI=1S/C10H19N3O2S.C2H6/c1-11-2-4-12(5-3-11)10(14)13-6-8-16(15)9-7-13;1-2/h2-9H2,1H3;1-2H3. The van der Waals surface area contributed by atoms with Gasteiger partial charge in [-0.25, -0.2) is 4.79 Å². The molecule has 0 atom stereocenters. The van der Waals surface area contributed by atoms with Crippen LogP contribution >= 0.6 is 0 Å². The Bertz CT molecular complexity index is 281. The first-order chi connectivity index (χ1) is 8.66. The van der Waals surface area contributed by atoms with Gasteiger partial charge in [0, 0.05) is 61.6 Å². The molecular formula is C12H25N3O2S. The van der Waals surface area contributed by atoms with Crippen molar-refractivity contribution in [3.05, 3.63) is 0 Å². The van der Waals surface area contributed by atoms with Gasteiger partial charge in [-0.1, -0.05) is 13.8 Å². The number of likely N-dealkylation sites (N-methyl/N-ethyl adjacent to an activating group) is 1. The number of rotatable bonds is 0. The zero-order valence-corrected chi connectivity index (χ0v) is 12.5. The molecule has 5 nitrogen and oxygen atoms in total. The average Bonchev–Trinajstić information content (AvgIpc) is 2.42. The fraction of sp³-hybridized carbons (Fsp3) is 0.917. The summed E-state index contributed by atoms with van der Waals surface area (Å²) in [6, 6.07) is 0.129. The summed E-state index contributed by atoms with van der Waals surface area (Å²) in [6.07, 6.45) is 0. The maximum absolute atomic E-state index is 12.1. The van der Waals surface area contributed by atoms with Crippen molar-refractivity contribution < 1.29 is 9.00 Å². The largest absolute Gasteiger partial charge is 0.323 e. The third-order valence-electron chi connectivity index (χ3n) is 3.22. The van der Waals surface area contributed by atoms with E-state index < -0.39 is 10.8 Å². The van der Waals surface area contributed by atoms with Gasteiger partial charge in [0.1, 0.15) is 0 Å². The summed E-state index contributed by atoms with van der Waals surface area (Å²) >= 11 is 0. The smallest absolute Gasteiger partial charge is 0.320 e. The van der Waals surface area contributed by atoms with Gasteiger partial charge in [-0.05, 0) is 7.05 Å². The topological polar surface area (TPSA) is 43.9 Å². The molecule has 106 valence electrons. The fourth-order valence-electron chi connectivity index (χ4n) is 2.03. The Kier molecular flexibility index (Phi) is 6.63. The predicted molar refractivity (Wildman–Crippen MR) is 75.3 cm³/mol. The van der Waals surface area contributed by atoms with E-state index in [1.54, 1.807) is 0 Å². The number of hydrogen-bond donors (Lipinski definition) is 0. The molecule has 18 heavy (non-hydrogen) atoms. The third kappa shape index (κ3) is 4.24. The Labute approximate surface area is 113 Å². The first-order valence-electron chi connectivity index (χ1n) is 6.74. The lowest BCUT2D eigenvalue weighted by molar-refractivity contribution is 0.125. The van der Waals surface area contributed by atoms with Crippen LogP contribution in [0.3, 0.4) is 0 Å². The summed E-state index contributed by atoms with van der Waals surface area (Å²) in [5, 5.41) is 0. The Morgan fingerprint density at radius 3 is 1.83 bits per heavy atom. The van der Waals surface area contributed by atoms with Crippen molar-refractivity contribution in [3.8, 4) is 0 Å². The SMILES string of the molecule is CC.CN1CCN(C(=O)N2CCS(=O)CC2)CC1. The minimum absolute atomic E-state index is 0.129. The molecular weight excluding hydrogens is 250 g/mol. The van der Waals surface area contributed by atoms with Crippen molar-refractivity contribution in [2.45, 2.75) is 13.8 Å². The van der Waals surface area contributed by atoms with Crippen molar-refractivity contribution in [1.29, 1.82) is 0 Å². The molecule has 6 heteroatoms. The molecule has 0 spiro atoms. The highest BCUT2D eigenvalue weighted by Crippen LogP contribution is 2.07. The Hall–Kier alpha value is -0.620. The Morgan fingerprint density at radius 2 is 1.33 bits per heavy atom. The number of hydrogen-bond acceptors (Lipinski definition) is 3. The van der Waals surface area contributed by atoms with Crippen molar-refractivity contribution in [3.63, 3.8) is 0 Å². The molecule has 0 aromatic rings. The van der Waals surface area contributed by atoms with Crippen molar-refractivity contribution >= 4 is 16.8 Å². The molecule has 2 amide bonds. The van der Waals surface area contributed by atoms with Crippen LogP contribution in [0.2, 0.25) is 0 Å². The van der Waals surface area contributed by atoms with Gasteiger partial charge in [-0.2, -0.15) is 0 Å². The van der Waals surface area contributed by atoms with E-state index in [0.717, 1.165) is 26.2 Å². The van der Waals surface area contributed by atoms with Crippen LogP contribution in [0.15, 0.2) is 0 Å². The second-order valence-corrected chi connectivity index (χ2v) is 6.10. The van der Waals surface area contributed by atoms with E-state index >= 15 is 0 Å². The van der Waals surface area contributed by atoms with Crippen molar-refractivity contribution in [2.75, 3.05) is 57.8 Å². The molecule has 0 aromatic heterocycles. The lowest BCUT2D eigenvalue weighted by Gasteiger charge is -2.37. The highest BCUT2D eigenvalue weighted by Gasteiger charge is 2.26. The molecule has 0 aliphatic carbocycles. The minimum Gasteiger partial charge on any atom is -0.323 e. The van der Waals surface area contributed by atoms with Crippen LogP contribution in [0.5, 0.6) is 0 Å². The summed E-state index contributed by atoms with van der Waals surface area (Å²) in [5.74, 6) is 1.28. The van der Waals surface area contributed by atoms with Crippen molar-refractivity contribution in [1.82, 2.24) is 14.7 Å². The van der Waals surface area contributed by atoms with Gasteiger partial charge in [0.2, 0.25) is 0 Å². The van der Waals surface area contributed by atoms with Crippen LogP contribution in [0.4, 0.5) is 4.79 Å². The van der Waals surface area contributed by atoms with Gasteiger partial charge >= 0.3 is 6.03 Å². The normalized spacial score (nSPS) is 22.4. The maximum atomic E-state index is 12.1. The van der Waals surface area contributed by atoms with Crippen LogP contribution < -0.4 is 0 Å². The number of urea groups is 1. The molecule has 2 aliphatic rings. The quantitative estimate of drug-likeness (QED) is 0.644. The lowest BCUT2D eigenvalue weighted by Crippen LogP contribution is -2.54. The zero-order chi connectivity index (χ0) is 13.5. The zero-order valence-electron chi connectivity index (χ0n) is 11.7. The van der Waals surface area contributed by atoms with Gasteiger partial charge in [0.25, 0.3) is 0 Å². The summed E-state index contributed by atoms with van der Waals surface area (Å²) in [6.45, 7) is 8.83. The van der Waals surface area contributed by atoms with Gasteiger partial charge in [0.05, 0.1) is 0 Å². The van der Waals surface area contributed by atoms with E-state index in [-0.39, 0.29) is 6.03 Å². The molecule has 0 unspecified atom stereocenters. The average molecular weight is 275 g/mol. The summed E-state index contributed by atoms with van der Waals surface area (Å²) in [5.41, 5.74) is 0. The highest BCUT2D eigenvalue weighted by atomic mass is 32.2. The van der Waals surface area contributed by atoms with E-state index in [2.05, 4.69) is 11.9 Å². The third-order valence-corrected chi connectivity index (χ3v) is 4.50. The molecule has 0 saturated carbocycles. The monoisotopic (exact) mass is 275 g/mol. The summed E-state index contributed by atoms with van der Waals surface area (Å²) in [7, 11) is 1.37. The summed E-state index contributed by atoms with van der Waals surface area (Å²) in [4.78, 5) is 18.1. The fourth-order valence-corrected chi connectivity index (χ4v) is 3.08. The number of piperazine rings is 1. The van der Waals surface area contributed by atoms with Crippen LogP contribution in [-0.4, -0.2) is 82.8 Å². The summed E-state index contributed by atoms with van der Waals surface area (Å²) < 4.78 is 11.2.